The van der Waals surface area contributed by atoms with Gasteiger partial charge in [-0.1, -0.05) is 22.6 Å². The molecule has 0 aliphatic carbocycles. The minimum absolute atomic E-state index is 0.533. The maximum atomic E-state index is 5.44. The minimum Gasteiger partial charge on any atom is -0.379 e. The summed E-state index contributed by atoms with van der Waals surface area (Å²) in [4.78, 5) is 0. The molecule has 0 rings (SSSR count). The van der Waals surface area contributed by atoms with Crippen molar-refractivity contribution in [1.29, 1.82) is 0 Å². The van der Waals surface area contributed by atoms with Crippen LogP contribution in [0.25, 0.3) is 0 Å². The lowest BCUT2D eigenvalue weighted by Gasteiger charge is -2.09. The molecule has 0 unspecified atom stereocenters. The molecule has 0 heterocycles. The monoisotopic (exact) mass is 596 g/mol. The third kappa shape index (κ3) is 32.3. The number of alkyl halides is 1. The summed E-state index contributed by atoms with van der Waals surface area (Å²) < 4.78 is 54.8. The second kappa shape index (κ2) is 32.3. The van der Waals surface area contributed by atoms with Crippen molar-refractivity contribution in [3.63, 3.8) is 0 Å². The van der Waals surface area contributed by atoms with Gasteiger partial charge in [0.15, 0.2) is 0 Å². The third-order valence-electron chi connectivity index (χ3n) is 3.77. The van der Waals surface area contributed by atoms with E-state index in [-0.39, 0.29) is 0 Å². The van der Waals surface area contributed by atoms with Gasteiger partial charge in [-0.3, -0.25) is 0 Å². The summed E-state index contributed by atoms with van der Waals surface area (Å²) in [6, 6.07) is 0. The fourth-order valence-electron chi connectivity index (χ4n) is 2.18. The van der Waals surface area contributed by atoms with Crippen LogP contribution < -0.4 is 0 Å². The molecule has 0 aromatic heterocycles. The highest BCUT2D eigenvalue weighted by Gasteiger charge is 1.95. The Kier molecular flexibility index (Phi) is 32.7. The standard InChI is InChI=1S/C22H45IO10/c1-2-24-5-6-26-9-10-28-13-14-30-17-18-32-21-22-33-20-19-31-16-15-29-12-11-27-8-7-25-4-3-23/h2-22H2,1H3. The van der Waals surface area contributed by atoms with Crippen molar-refractivity contribution in [3.05, 3.63) is 0 Å². The van der Waals surface area contributed by atoms with Crippen molar-refractivity contribution in [2.75, 3.05) is 137 Å². The molecule has 0 amide bonds. The van der Waals surface area contributed by atoms with Crippen molar-refractivity contribution < 1.29 is 47.4 Å². The molecule has 0 atom stereocenters. The molecule has 0 saturated heterocycles. The lowest BCUT2D eigenvalue weighted by molar-refractivity contribution is -0.0260. The topological polar surface area (TPSA) is 92.3 Å². The van der Waals surface area contributed by atoms with Gasteiger partial charge in [0, 0.05) is 11.0 Å². The first kappa shape index (κ1) is 33.3. The molecule has 200 valence electrons. The minimum atomic E-state index is 0.533. The van der Waals surface area contributed by atoms with Gasteiger partial charge in [-0.2, -0.15) is 0 Å². The van der Waals surface area contributed by atoms with Crippen LogP contribution in [0.3, 0.4) is 0 Å². The normalized spacial score (nSPS) is 11.5. The molecule has 11 heteroatoms. The summed E-state index contributed by atoms with van der Waals surface area (Å²) in [7, 11) is 0. The quantitative estimate of drug-likeness (QED) is 0.0692. The van der Waals surface area contributed by atoms with E-state index in [0.717, 1.165) is 11.0 Å². The van der Waals surface area contributed by atoms with Crippen molar-refractivity contribution in [2.24, 2.45) is 0 Å². The maximum absolute atomic E-state index is 5.44. The van der Waals surface area contributed by atoms with Crippen molar-refractivity contribution in [3.8, 4) is 0 Å². The van der Waals surface area contributed by atoms with Gasteiger partial charge >= 0.3 is 0 Å². The predicted molar refractivity (Wildman–Crippen MR) is 133 cm³/mol. The Morgan fingerprint density at radius 1 is 0.303 bits per heavy atom. The van der Waals surface area contributed by atoms with Crippen LogP contribution in [0.5, 0.6) is 0 Å². The first-order chi connectivity index (χ1) is 16.4. The van der Waals surface area contributed by atoms with Gasteiger partial charge in [-0.25, -0.2) is 0 Å². The van der Waals surface area contributed by atoms with E-state index in [4.69, 9.17) is 47.4 Å². The van der Waals surface area contributed by atoms with Gasteiger partial charge in [0.05, 0.1) is 126 Å². The Labute approximate surface area is 213 Å². The summed E-state index contributed by atoms with van der Waals surface area (Å²) in [6.45, 7) is 13.6. The SMILES string of the molecule is CCOCCOCCOCCOCCOCCOCCOCCOCCOCCOCCI. The van der Waals surface area contributed by atoms with E-state index in [1.54, 1.807) is 0 Å². The van der Waals surface area contributed by atoms with Crippen LogP contribution >= 0.6 is 22.6 Å². The van der Waals surface area contributed by atoms with E-state index < -0.39 is 0 Å². The first-order valence-corrected chi connectivity index (χ1v) is 13.3. The molecule has 33 heavy (non-hydrogen) atoms. The van der Waals surface area contributed by atoms with Crippen LogP contribution in [0.2, 0.25) is 0 Å². The highest BCUT2D eigenvalue weighted by atomic mass is 127. The molecular formula is C22H45IO10. The van der Waals surface area contributed by atoms with Crippen LogP contribution in [-0.4, -0.2) is 137 Å². The summed E-state index contributed by atoms with van der Waals surface area (Å²) in [5.41, 5.74) is 0. The Hall–Kier alpha value is 0.330. The van der Waals surface area contributed by atoms with Crippen LogP contribution in [0.15, 0.2) is 0 Å². The number of hydrogen-bond donors (Lipinski definition) is 0. The highest BCUT2D eigenvalue weighted by Crippen LogP contribution is 1.87. The number of ether oxygens (including phenoxy) is 10. The van der Waals surface area contributed by atoms with E-state index in [0.29, 0.717) is 126 Å². The van der Waals surface area contributed by atoms with Crippen molar-refractivity contribution in [2.45, 2.75) is 6.92 Å². The Bertz CT molecular complexity index is 312. The number of hydrogen-bond acceptors (Lipinski definition) is 10. The largest absolute Gasteiger partial charge is 0.379 e. The Balaban J connectivity index is 2.99. The smallest absolute Gasteiger partial charge is 0.0701 e. The van der Waals surface area contributed by atoms with Gasteiger partial charge in [0.2, 0.25) is 0 Å². The molecule has 0 aromatic carbocycles. The van der Waals surface area contributed by atoms with E-state index in [1.807, 2.05) is 6.92 Å². The lowest BCUT2D eigenvalue weighted by Crippen LogP contribution is -2.15. The van der Waals surface area contributed by atoms with Crippen molar-refractivity contribution in [1.82, 2.24) is 0 Å². The van der Waals surface area contributed by atoms with Crippen LogP contribution in [-0.2, 0) is 47.4 Å². The van der Waals surface area contributed by atoms with E-state index >= 15 is 0 Å². The zero-order chi connectivity index (χ0) is 23.9. The molecular weight excluding hydrogens is 551 g/mol. The summed E-state index contributed by atoms with van der Waals surface area (Å²) in [5, 5.41) is 0. The number of rotatable bonds is 30. The fraction of sp³-hybridized carbons (Fsp3) is 1.00. The molecule has 0 fully saturated rings. The molecule has 0 aliphatic rings. The third-order valence-corrected chi connectivity index (χ3v) is 4.21. The zero-order valence-corrected chi connectivity index (χ0v) is 22.5. The molecule has 0 radical (unpaired) electrons. The van der Waals surface area contributed by atoms with Gasteiger partial charge in [-0.05, 0) is 6.92 Å². The molecule has 0 spiro atoms. The first-order valence-electron chi connectivity index (χ1n) is 11.7. The highest BCUT2D eigenvalue weighted by molar-refractivity contribution is 14.1. The zero-order valence-electron chi connectivity index (χ0n) is 20.3. The summed E-state index contributed by atoms with van der Waals surface area (Å²) in [6.07, 6.45) is 0. The van der Waals surface area contributed by atoms with Crippen molar-refractivity contribution >= 4 is 22.6 Å². The second-order valence-electron chi connectivity index (χ2n) is 6.40. The van der Waals surface area contributed by atoms with Gasteiger partial charge in [0.1, 0.15) is 0 Å². The summed E-state index contributed by atoms with van der Waals surface area (Å²) >= 11 is 2.28. The number of halogens is 1. The molecule has 0 aliphatic heterocycles. The maximum Gasteiger partial charge on any atom is 0.0701 e. The molecule has 10 nitrogen and oxygen atoms in total. The van der Waals surface area contributed by atoms with E-state index in [2.05, 4.69) is 22.6 Å². The fourth-order valence-corrected chi connectivity index (χ4v) is 2.49. The average molecular weight is 596 g/mol. The molecule has 0 bridgehead atoms. The predicted octanol–water partition coefficient (Wildman–Crippen LogP) is 1.61. The van der Waals surface area contributed by atoms with Gasteiger partial charge in [-0.15, -0.1) is 0 Å². The van der Waals surface area contributed by atoms with Gasteiger partial charge in [0.25, 0.3) is 0 Å². The Morgan fingerprint density at radius 2 is 0.485 bits per heavy atom. The van der Waals surface area contributed by atoms with Gasteiger partial charge < -0.3 is 47.4 Å². The Morgan fingerprint density at radius 3 is 0.667 bits per heavy atom. The van der Waals surface area contributed by atoms with E-state index in [1.165, 1.54) is 0 Å². The van der Waals surface area contributed by atoms with E-state index in [9.17, 15) is 0 Å². The summed E-state index contributed by atoms with van der Waals surface area (Å²) in [5.74, 6) is 0. The average Bonchev–Trinajstić information content (AvgIpc) is 2.83. The van der Waals surface area contributed by atoms with Crippen LogP contribution in [0, 0.1) is 0 Å². The molecule has 0 N–H and O–H groups in total. The molecule has 0 aromatic rings. The second-order valence-corrected chi connectivity index (χ2v) is 7.48. The lowest BCUT2D eigenvalue weighted by atomic mass is 10.6. The molecule has 0 saturated carbocycles. The van der Waals surface area contributed by atoms with Crippen LogP contribution in [0.1, 0.15) is 6.92 Å². The van der Waals surface area contributed by atoms with Crippen LogP contribution in [0.4, 0.5) is 0 Å².